The van der Waals surface area contributed by atoms with Crippen molar-refractivity contribution >= 4 is 44.1 Å². The van der Waals surface area contributed by atoms with E-state index in [1.165, 1.54) is 11.3 Å². The van der Waals surface area contributed by atoms with Gasteiger partial charge in [-0.25, -0.2) is 9.78 Å². The van der Waals surface area contributed by atoms with Gasteiger partial charge in [0.1, 0.15) is 5.75 Å². The van der Waals surface area contributed by atoms with E-state index in [-0.39, 0.29) is 11.4 Å². The molecule has 2 heterocycles. The molecule has 1 fully saturated rings. The summed E-state index contributed by atoms with van der Waals surface area (Å²) in [6.07, 6.45) is 0. The molecule has 0 spiro atoms. The van der Waals surface area contributed by atoms with Crippen LogP contribution in [0.3, 0.4) is 0 Å². The lowest BCUT2D eigenvalue weighted by atomic mass is 9.82. The summed E-state index contributed by atoms with van der Waals surface area (Å²) in [5.41, 5.74) is 3.87. The van der Waals surface area contributed by atoms with Gasteiger partial charge in [0.05, 0.1) is 18.5 Å². The third-order valence-electron chi connectivity index (χ3n) is 6.09. The van der Waals surface area contributed by atoms with Gasteiger partial charge in [-0.3, -0.25) is 5.32 Å². The number of carbonyl (C=O) groups excluding carboxylic acids is 1. The Morgan fingerprint density at radius 1 is 1.21 bits per heavy atom. The van der Waals surface area contributed by atoms with E-state index in [1.54, 1.807) is 7.11 Å². The summed E-state index contributed by atoms with van der Waals surface area (Å²) in [6.45, 7) is 8.48. The van der Waals surface area contributed by atoms with Crippen molar-refractivity contribution < 1.29 is 9.53 Å². The van der Waals surface area contributed by atoms with Gasteiger partial charge in [0.25, 0.3) is 0 Å². The predicted octanol–water partition coefficient (Wildman–Crippen LogP) is 4.97. The van der Waals surface area contributed by atoms with E-state index in [1.807, 2.05) is 29.6 Å². The maximum absolute atomic E-state index is 12.5. The van der Waals surface area contributed by atoms with Gasteiger partial charge in [0.15, 0.2) is 5.13 Å². The monoisotopic (exact) mass is 543 g/mol. The molecule has 1 aliphatic rings. The highest BCUT2D eigenvalue weighted by Crippen LogP contribution is 2.34. The minimum absolute atomic E-state index is 0.268. The van der Waals surface area contributed by atoms with Crippen molar-refractivity contribution in [2.24, 2.45) is 0 Å². The van der Waals surface area contributed by atoms with Crippen LogP contribution in [0.25, 0.3) is 0 Å². The van der Waals surface area contributed by atoms with E-state index < -0.39 is 0 Å². The predicted molar refractivity (Wildman–Crippen MR) is 142 cm³/mol. The molecule has 2 aromatic carbocycles. The van der Waals surface area contributed by atoms with Crippen LogP contribution in [0.1, 0.15) is 30.7 Å². The van der Waals surface area contributed by atoms with Gasteiger partial charge in [-0.1, -0.05) is 48.0 Å². The van der Waals surface area contributed by atoms with Gasteiger partial charge in [-0.2, -0.15) is 0 Å². The van der Waals surface area contributed by atoms with Crippen molar-refractivity contribution in [1.82, 2.24) is 15.6 Å². The highest BCUT2D eigenvalue weighted by Gasteiger charge is 2.26. The summed E-state index contributed by atoms with van der Waals surface area (Å²) in [7, 11) is 1.68. The highest BCUT2D eigenvalue weighted by molar-refractivity contribution is 9.10. The molecule has 1 aromatic heterocycles. The zero-order chi connectivity index (χ0) is 24.1. The number of thiazole rings is 1. The Bertz CT molecular complexity index is 1130. The lowest BCUT2D eigenvalue weighted by Gasteiger charge is -2.30. The first-order valence-electron chi connectivity index (χ1n) is 11.3. The Morgan fingerprint density at radius 2 is 1.94 bits per heavy atom. The van der Waals surface area contributed by atoms with Crippen LogP contribution in [0.4, 0.5) is 15.6 Å². The number of anilines is 2. The standard InChI is InChI=1S/C25H30BrN5O2S/c1-25(2,18-5-7-19(26)8-6-18)22-16-34-24(29-22)30-23(32)28-15-17-4-9-20(21(14-17)33-3)31-12-10-27-11-13-31/h4-9,14,16,27H,10-13,15H2,1-3H3,(H2,28,29,30,32). The second-order valence-corrected chi connectivity index (χ2v) is 10.5. The largest absolute Gasteiger partial charge is 0.495 e. The molecular weight excluding hydrogens is 514 g/mol. The number of carbonyl (C=O) groups is 1. The van der Waals surface area contributed by atoms with E-state index in [9.17, 15) is 4.79 Å². The summed E-state index contributed by atoms with van der Waals surface area (Å²) in [6, 6.07) is 14.0. The fraction of sp³-hybridized carbons (Fsp3) is 0.360. The Morgan fingerprint density at radius 3 is 2.65 bits per heavy atom. The minimum Gasteiger partial charge on any atom is -0.495 e. The summed E-state index contributed by atoms with van der Waals surface area (Å²) >= 11 is 4.91. The van der Waals surface area contributed by atoms with Gasteiger partial charge in [-0.05, 0) is 35.4 Å². The molecule has 7 nitrogen and oxygen atoms in total. The molecule has 0 bridgehead atoms. The fourth-order valence-electron chi connectivity index (χ4n) is 3.96. The maximum Gasteiger partial charge on any atom is 0.321 e. The lowest BCUT2D eigenvalue weighted by molar-refractivity contribution is 0.251. The van der Waals surface area contributed by atoms with Crippen molar-refractivity contribution in [3.63, 3.8) is 0 Å². The maximum atomic E-state index is 12.5. The first-order valence-corrected chi connectivity index (χ1v) is 12.9. The molecule has 180 valence electrons. The van der Waals surface area contributed by atoms with Gasteiger partial charge in [-0.15, -0.1) is 11.3 Å². The number of ether oxygens (including phenoxy) is 1. The number of piperazine rings is 1. The van der Waals surface area contributed by atoms with Gasteiger partial charge < -0.3 is 20.3 Å². The van der Waals surface area contributed by atoms with Crippen LogP contribution < -0.4 is 25.6 Å². The highest BCUT2D eigenvalue weighted by atomic mass is 79.9. The summed E-state index contributed by atoms with van der Waals surface area (Å²) in [4.78, 5) is 19.5. The Balaban J connectivity index is 1.35. The van der Waals surface area contributed by atoms with Crippen LogP contribution in [0.15, 0.2) is 52.3 Å². The summed E-state index contributed by atoms with van der Waals surface area (Å²) in [5.74, 6) is 0.821. The third kappa shape index (κ3) is 5.71. The topological polar surface area (TPSA) is 78.5 Å². The van der Waals surface area contributed by atoms with Crippen LogP contribution in [-0.2, 0) is 12.0 Å². The number of rotatable bonds is 7. The number of halogens is 1. The van der Waals surface area contributed by atoms with Crippen LogP contribution in [0.5, 0.6) is 5.75 Å². The van der Waals surface area contributed by atoms with Crippen molar-refractivity contribution in [3.8, 4) is 5.75 Å². The van der Waals surface area contributed by atoms with Gasteiger partial charge in [0.2, 0.25) is 0 Å². The first-order chi connectivity index (χ1) is 16.4. The van der Waals surface area contributed by atoms with Crippen molar-refractivity contribution in [2.75, 3.05) is 43.5 Å². The fourth-order valence-corrected chi connectivity index (χ4v) is 5.09. The van der Waals surface area contributed by atoms with Crippen LogP contribution in [-0.4, -0.2) is 44.3 Å². The number of amides is 2. The van der Waals surface area contributed by atoms with E-state index in [0.29, 0.717) is 11.7 Å². The number of aromatic nitrogens is 1. The second-order valence-electron chi connectivity index (χ2n) is 8.72. The molecule has 1 saturated heterocycles. The second kappa shape index (κ2) is 10.8. The molecule has 9 heteroatoms. The van der Waals surface area contributed by atoms with Gasteiger partial charge in [0, 0.05) is 48.0 Å². The van der Waals surface area contributed by atoms with Crippen molar-refractivity contribution in [1.29, 1.82) is 0 Å². The molecule has 2 amide bonds. The molecule has 34 heavy (non-hydrogen) atoms. The molecule has 0 aliphatic carbocycles. The Labute approximate surface area is 213 Å². The van der Waals surface area contributed by atoms with E-state index in [0.717, 1.165) is 58.9 Å². The number of hydrogen-bond acceptors (Lipinski definition) is 6. The zero-order valence-corrected chi connectivity index (χ0v) is 22.1. The van der Waals surface area contributed by atoms with Crippen LogP contribution >= 0.6 is 27.3 Å². The van der Waals surface area contributed by atoms with E-state index in [2.05, 4.69) is 73.8 Å². The molecule has 3 N–H and O–H groups in total. The van der Waals surface area contributed by atoms with Crippen LogP contribution in [0.2, 0.25) is 0 Å². The molecule has 0 atom stereocenters. The molecule has 1 aliphatic heterocycles. The average molecular weight is 545 g/mol. The van der Waals surface area contributed by atoms with E-state index in [4.69, 9.17) is 4.74 Å². The number of nitrogens with one attached hydrogen (secondary N) is 3. The summed E-state index contributed by atoms with van der Waals surface area (Å²) < 4.78 is 6.66. The number of methoxy groups -OCH3 is 1. The third-order valence-corrected chi connectivity index (χ3v) is 7.37. The van der Waals surface area contributed by atoms with Crippen LogP contribution in [0, 0.1) is 0 Å². The van der Waals surface area contributed by atoms with Gasteiger partial charge >= 0.3 is 6.03 Å². The first kappa shape index (κ1) is 24.5. The minimum atomic E-state index is -0.285. The number of benzene rings is 2. The zero-order valence-electron chi connectivity index (χ0n) is 19.7. The molecule has 4 rings (SSSR count). The molecule has 0 saturated carbocycles. The van der Waals surface area contributed by atoms with Crippen molar-refractivity contribution in [2.45, 2.75) is 25.8 Å². The normalized spacial score (nSPS) is 14.1. The van der Waals surface area contributed by atoms with Crippen molar-refractivity contribution in [3.05, 3.63) is 69.1 Å². The molecule has 0 radical (unpaired) electrons. The number of nitrogens with zero attached hydrogens (tertiary/aromatic N) is 2. The quantitative estimate of drug-likeness (QED) is 0.392. The lowest BCUT2D eigenvalue weighted by Crippen LogP contribution is -2.43. The SMILES string of the molecule is COc1cc(CNC(=O)Nc2nc(C(C)(C)c3ccc(Br)cc3)cs2)ccc1N1CCNCC1. The van der Waals surface area contributed by atoms with E-state index >= 15 is 0 Å². The number of urea groups is 1. The Kier molecular flexibility index (Phi) is 7.75. The molecule has 3 aromatic rings. The smallest absolute Gasteiger partial charge is 0.321 e. The molecular formula is C25H30BrN5O2S. The average Bonchev–Trinajstić information content (AvgIpc) is 3.32. The number of hydrogen-bond donors (Lipinski definition) is 3. The molecule has 0 unspecified atom stereocenters. The summed E-state index contributed by atoms with van der Waals surface area (Å²) in [5, 5.41) is 11.7. The Hall–Kier alpha value is -2.62.